The summed E-state index contributed by atoms with van der Waals surface area (Å²) < 4.78 is 43.9. The zero-order chi connectivity index (χ0) is 21.6. The van der Waals surface area contributed by atoms with Crippen LogP contribution in [0.3, 0.4) is 0 Å². The minimum atomic E-state index is -4.56. The van der Waals surface area contributed by atoms with Gasteiger partial charge in [0.25, 0.3) is 11.8 Å². The van der Waals surface area contributed by atoms with Crippen LogP contribution in [0.5, 0.6) is 0 Å². The molecule has 156 valence electrons. The SMILES string of the molecule is COCCNC(=O)c1nccnc1C(C)NC(=O)c1cc(C)cc(C(F)(F)F)c1. The molecule has 0 bridgehead atoms. The van der Waals surface area contributed by atoms with Crippen molar-refractivity contribution in [3.8, 4) is 0 Å². The summed E-state index contributed by atoms with van der Waals surface area (Å²) in [7, 11) is 1.49. The van der Waals surface area contributed by atoms with Gasteiger partial charge in [0.15, 0.2) is 5.69 Å². The number of hydrogen-bond acceptors (Lipinski definition) is 5. The molecule has 1 aromatic carbocycles. The number of ether oxygens (including phenoxy) is 1. The summed E-state index contributed by atoms with van der Waals surface area (Å²) in [5.74, 6) is -1.22. The van der Waals surface area contributed by atoms with E-state index < -0.39 is 29.6 Å². The monoisotopic (exact) mass is 410 g/mol. The number of carbonyl (C=O) groups excluding carboxylic acids is 2. The fourth-order valence-electron chi connectivity index (χ4n) is 2.62. The van der Waals surface area contributed by atoms with Gasteiger partial charge in [0.05, 0.1) is 23.9 Å². The third kappa shape index (κ3) is 5.98. The zero-order valence-corrected chi connectivity index (χ0v) is 16.1. The molecule has 2 amide bonds. The number of hydrogen-bond donors (Lipinski definition) is 2. The molecule has 1 atom stereocenters. The first-order valence-corrected chi connectivity index (χ1v) is 8.71. The zero-order valence-electron chi connectivity index (χ0n) is 16.1. The van der Waals surface area contributed by atoms with Crippen molar-refractivity contribution >= 4 is 11.8 Å². The largest absolute Gasteiger partial charge is 0.416 e. The van der Waals surface area contributed by atoms with Crippen molar-refractivity contribution < 1.29 is 27.5 Å². The van der Waals surface area contributed by atoms with Gasteiger partial charge in [-0.25, -0.2) is 4.98 Å². The van der Waals surface area contributed by atoms with Gasteiger partial charge in [-0.3, -0.25) is 14.6 Å². The van der Waals surface area contributed by atoms with E-state index in [9.17, 15) is 22.8 Å². The number of methoxy groups -OCH3 is 1. The Morgan fingerprint density at radius 2 is 1.83 bits per heavy atom. The Kier molecular flexibility index (Phi) is 7.27. The lowest BCUT2D eigenvalue weighted by Crippen LogP contribution is -2.33. The van der Waals surface area contributed by atoms with Crippen molar-refractivity contribution in [1.82, 2.24) is 20.6 Å². The first-order chi connectivity index (χ1) is 13.6. The number of carbonyl (C=O) groups is 2. The second-order valence-electron chi connectivity index (χ2n) is 6.32. The molecule has 2 aromatic rings. The molecule has 0 aliphatic carbocycles. The van der Waals surface area contributed by atoms with E-state index in [0.717, 1.165) is 12.1 Å². The first-order valence-electron chi connectivity index (χ1n) is 8.71. The fourth-order valence-corrected chi connectivity index (χ4v) is 2.62. The Bertz CT molecular complexity index is 887. The highest BCUT2D eigenvalue weighted by Crippen LogP contribution is 2.30. The van der Waals surface area contributed by atoms with Crippen LogP contribution in [0.15, 0.2) is 30.6 Å². The molecule has 7 nitrogen and oxygen atoms in total. The molecule has 0 fully saturated rings. The van der Waals surface area contributed by atoms with Crippen LogP contribution in [-0.2, 0) is 10.9 Å². The maximum absolute atomic E-state index is 13.0. The van der Waals surface area contributed by atoms with Gasteiger partial charge in [-0.15, -0.1) is 0 Å². The van der Waals surface area contributed by atoms with E-state index in [1.807, 2.05) is 0 Å². The van der Waals surface area contributed by atoms with E-state index in [-0.39, 0.29) is 23.5 Å². The predicted molar refractivity (Wildman–Crippen MR) is 98.3 cm³/mol. The quantitative estimate of drug-likeness (QED) is 0.685. The number of rotatable bonds is 7. The average molecular weight is 410 g/mol. The number of nitrogens with one attached hydrogen (secondary N) is 2. The lowest BCUT2D eigenvalue weighted by atomic mass is 10.0. The number of halogens is 3. The maximum Gasteiger partial charge on any atom is 0.416 e. The van der Waals surface area contributed by atoms with Gasteiger partial charge in [-0.1, -0.05) is 0 Å². The highest BCUT2D eigenvalue weighted by Gasteiger charge is 2.31. The summed E-state index contributed by atoms with van der Waals surface area (Å²) in [4.78, 5) is 32.9. The van der Waals surface area contributed by atoms with Gasteiger partial charge in [-0.05, 0) is 37.6 Å². The molecular weight excluding hydrogens is 389 g/mol. The second-order valence-corrected chi connectivity index (χ2v) is 6.32. The molecule has 0 saturated heterocycles. The molecule has 1 aromatic heterocycles. The van der Waals surface area contributed by atoms with Gasteiger partial charge >= 0.3 is 6.18 Å². The Labute approximate surface area is 165 Å². The summed E-state index contributed by atoms with van der Waals surface area (Å²) in [6, 6.07) is 2.33. The van der Waals surface area contributed by atoms with E-state index in [1.165, 1.54) is 32.5 Å². The van der Waals surface area contributed by atoms with Crippen molar-refractivity contribution in [1.29, 1.82) is 0 Å². The molecule has 0 radical (unpaired) electrons. The van der Waals surface area contributed by atoms with E-state index in [2.05, 4.69) is 20.6 Å². The van der Waals surface area contributed by atoms with Gasteiger partial charge < -0.3 is 15.4 Å². The Morgan fingerprint density at radius 1 is 1.14 bits per heavy atom. The summed E-state index contributed by atoms with van der Waals surface area (Å²) in [5.41, 5.74) is -0.543. The van der Waals surface area contributed by atoms with Gasteiger partial charge in [-0.2, -0.15) is 13.2 Å². The van der Waals surface area contributed by atoms with Crippen LogP contribution in [0.2, 0.25) is 0 Å². The normalized spacial score (nSPS) is 12.3. The molecule has 2 rings (SSSR count). The van der Waals surface area contributed by atoms with Gasteiger partial charge in [0, 0.05) is 31.6 Å². The summed E-state index contributed by atoms with van der Waals surface area (Å²) in [6.07, 6.45) is -1.87. The molecule has 0 aliphatic heterocycles. The smallest absolute Gasteiger partial charge is 0.383 e. The van der Waals surface area contributed by atoms with Crippen molar-refractivity contribution in [2.45, 2.75) is 26.1 Å². The van der Waals surface area contributed by atoms with Crippen LogP contribution in [0.4, 0.5) is 13.2 Å². The predicted octanol–water partition coefficient (Wildman–Crippen LogP) is 2.67. The molecule has 29 heavy (non-hydrogen) atoms. The molecule has 1 unspecified atom stereocenters. The number of alkyl halides is 3. The number of nitrogens with zero attached hydrogens (tertiary/aromatic N) is 2. The van der Waals surface area contributed by atoms with E-state index in [1.54, 1.807) is 6.92 Å². The van der Waals surface area contributed by atoms with Crippen LogP contribution in [0, 0.1) is 6.92 Å². The molecule has 1 heterocycles. The molecule has 0 saturated carbocycles. The average Bonchev–Trinajstić information content (AvgIpc) is 2.66. The standard InChI is InChI=1S/C19H21F3N4O3/c1-11-8-13(10-14(9-11)19(20,21)22)17(27)26-12(2)15-16(24-5-4-23-15)18(28)25-6-7-29-3/h4-5,8-10,12H,6-7H2,1-3H3,(H,25,28)(H,26,27). The Hall–Kier alpha value is -3.01. The van der Waals surface area contributed by atoms with Crippen LogP contribution in [-0.4, -0.2) is 42.0 Å². The molecule has 0 spiro atoms. The lowest BCUT2D eigenvalue weighted by Gasteiger charge is -2.17. The van der Waals surface area contributed by atoms with Gasteiger partial charge in [0.2, 0.25) is 0 Å². The van der Waals surface area contributed by atoms with Crippen molar-refractivity contribution in [2.24, 2.45) is 0 Å². The van der Waals surface area contributed by atoms with Crippen molar-refractivity contribution in [3.05, 3.63) is 58.7 Å². The Balaban J connectivity index is 2.21. The van der Waals surface area contributed by atoms with E-state index >= 15 is 0 Å². The molecule has 2 N–H and O–H groups in total. The second kappa shape index (κ2) is 9.46. The fraction of sp³-hybridized carbons (Fsp3) is 0.368. The third-order valence-corrected chi connectivity index (χ3v) is 3.96. The molecule has 10 heteroatoms. The summed E-state index contributed by atoms with van der Waals surface area (Å²) in [6.45, 7) is 3.60. The maximum atomic E-state index is 13.0. The highest BCUT2D eigenvalue weighted by molar-refractivity contribution is 5.96. The van der Waals surface area contributed by atoms with Crippen LogP contribution < -0.4 is 10.6 Å². The molecule has 0 aliphatic rings. The van der Waals surface area contributed by atoms with E-state index in [4.69, 9.17) is 4.74 Å². The summed E-state index contributed by atoms with van der Waals surface area (Å²) in [5, 5.41) is 5.17. The number of aromatic nitrogens is 2. The van der Waals surface area contributed by atoms with Gasteiger partial charge in [0.1, 0.15) is 0 Å². The van der Waals surface area contributed by atoms with Crippen molar-refractivity contribution in [2.75, 3.05) is 20.3 Å². The van der Waals surface area contributed by atoms with Crippen molar-refractivity contribution in [3.63, 3.8) is 0 Å². The topological polar surface area (TPSA) is 93.2 Å². The minimum Gasteiger partial charge on any atom is -0.383 e. The molecular formula is C19H21F3N4O3. The van der Waals surface area contributed by atoms with Crippen LogP contribution in [0.25, 0.3) is 0 Å². The van der Waals surface area contributed by atoms with E-state index in [0.29, 0.717) is 12.2 Å². The minimum absolute atomic E-state index is 0.0108. The highest BCUT2D eigenvalue weighted by atomic mass is 19.4. The number of amides is 2. The summed E-state index contributed by atoms with van der Waals surface area (Å²) >= 11 is 0. The van der Waals surface area contributed by atoms with Crippen LogP contribution in [0.1, 0.15) is 50.6 Å². The third-order valence-electron chi connectivity index (χ3n) is 3.96. The first kappa shape index (κ1) is 22.3. The number of aryl methyl sites for hydroxylation is 1. The lowest BCUT2D eigenvalue weighted by molar-refractivity contribution is -0.137. The Morgan fingerprint density at radius 3 is 2.48 bits per heavy atom. The van der Waals surface area contributed by atoms with Crippen LogP contribution >= 0.6 is 0 Å². The number of benzene rings is 1.